The third kappa shape index (κ3) is 2.98. The number of benzene rings is 1. The summed E-state index contributed by atoms with van der Waals surface area (Å²) in [7, 11) is 1.79. The molecule has 112 valence electrons. The molecule has 22 heavy (non-hydrogen) atoms. The number of carbonyl (C=O) groups is 2. The number of amides is 2. The van der Waals surface area contributed by atoms with E-state index in [-0.39, 0.29) is 11.8 Å². The van der Waals surface area contributed by atoms with Crippen LogP contribution in [0.25, 0.3) is 0 Å². The van der Waals surface area contributed by atoms with Crippen molar-refractivity contribution < 1.29 is 9.59 Å². The van der Waals surface area contributed by atoms with Crippen LogP contribution in [-0.2, 0) is 22.4 Å². The fourth-order valence-corrected chi connectivity index (χ4v) is 2.63. The highest BCUT2D eigenvalue weighted by atomic mass is 16.2. The molecule has 1 N–H and O–H groups in total. The molecule has 0 unspecified atom stereocenters. The number of nitrogens with one attached hydrogen (secondary N) is 1. The van der Waals surface area contributed by atoms with Gasteiger partial charge in [0.05, 0.1) is 6.42 Å². The highest BCUT2D eigenvalue weighted by Gasteiger charge is 2.21. The van der Waals surface area contributed by atoms with Gasteiger partial charge < -0.3 is 10.2 Å². The summed E-state index contributed by atoms with van der Waals surface area (Å²) in [4.78, 5) is 29.5. The Bertz CT molecular complexity index is 713. The summed E-state index contributed by atoms with van der Waals surface area (Å²) < 4.78 is 0. The lowest BCUT2D eigenvalue weighted by Gasteiger charge is -2.26. The molecule has 0 saturated carbocycles. The molecule has 0 saturated heterocycles. The maximum absolute atomic E-state index is 12.1. The second-order valence-corrected chi connectivity index (χ2v) is 5.36. The van der Waals surface area contributed by atoms with Crippen molar-refractivity contribution in [3.05, 3.63) is 53.7 Å². The number of carbonyl (C=O) groups excluding carboxylic acids is 2. The molecular formula is C17H17N3O2. The number of aromatic nitrogens is 1. The van der Waals surface area contributed by atoms with Gasteiger partial charge in [-0.2, -0.15) is 0 Å². The summed E-state index contributed by atoms with van der Waals surface area (Å²) in [6, 6.07) is 11.2. The first kappa shape index (κ1) is 14.3. The monoisotopic (exact) mass is 295 g/mol. The SMILES string of the molecule is CN1C(=O)CCc2cc(CC(=O)Nc3ccccn3)ccc21. The Morgan fingerprint density at radius 2 is 2.14 bits per heavy atom. The van der Waals surface area contributed by atoms with Crippen molar-refractivity contribution in [2.75, 3.05) is 17.3 Å². The summed E-state index contributed by atoms with van der Waals surface area (Å²) in [6.45, 7) is 0. The minimum absolute atomic E-state index is 0.0982. The number of aryl methyl sites for hydroxylation is 1. The van der Waals surface area contributed by atoms with Gasteiger partial charge in [-0.25, -0.2) is 4.98 Å². The Kier molecular flexibility index (Phi) is 3.87. The van der Waals surface area contributed by atoms with Crippen molar-refractivity contribution in [2.45, 2.75) is 19.3 Å². The van der Waals surface area contributed by atoms with E-state index in [1.165, 1.54) is 0 Å². The molecule has 1 aliphatic heterocycles. The van der Waals surface area contributed by atoms with E-state index in [0.29, 0.717) is 18.7 Å². The van der Waals surface area contributed by atoms with Crippen LogP contribution >= 0.6 is 0 Å². The van der Waals surface area contributed by atoms with Crippen molar-refractivity contribution in [2.24, 2.45) is 0 Å². The summed E-state index contributed by atoms with van der Waals surface area (Å²) in [5, 5.41) is 2.77. The van der Waals surface area contributed by atoms with E-state index >= 15 is 0 Å². The van der Waals surface area contributed by atoms with Crippen molar-refractivity contribution in [1.82, 2.24) is 4.98 Å². The summed E-state index contributed by atoms with van der Waals surface area (Å²) >= 11 is 0. The lowest BCUT2D eigenvalue weighted by atomic mass is 9.98. The predicted molar refractivity (Wildman–Crippen MR) is 84.7 cm³/mol. The molecule has 0 fully saturated rings. The van der Waals surface area contributed by atoms with Crippen LogP contribution in [0.2, 0.25) is 0 Å². The molecule has 0 aliphatic carbocycles. The minimum atomic E-state index is -0.0982. The van der Waals surface area contributed by atoms with E-state index < -0.39 is 0 Å². The van der Waals surface area contributed by atoms with Gasteiger partial charge in [-0.15, -0.1) is 0 Å². The Morgan fingerprint density at radius 3 is 2.91 bits per heavy atom. The number of pyridine rings is 1. The van der Waals surface area contributed by atoms with Crippen molar-refractivity contribution >= 4 is 23.3 Å². The predicted octanol–water partition coefficient (Wildman–Crippen LogP) is 2.17. The smallest absolute Gasteiger partial charge is 0.229 e. The van der Waals surface area contributed by atoms with Crippen LogP contribution in [0.1, 0.15) is 17.5 Å². The zero-order valence-corrected chi connectivity index (χ0v) is 12.4. The van der Waals surface area contributed by atoms with Crippen molar-refractivity contribution in [3.63, 3.8) is 0 Å². The third-order valence-corrected chi connectivity index (χ3v) is 3.78. The molecule has 0 atom stereocenters. The fourth-order valence-electron chi connectivity index (χ4n) is 2.63. The third-order valence-electron chi connectivity index (χ3n) is 3.78. The van der Waals surface area contributed by atoms with Crippen LogP contribution < -0.4 is 10.2 Å². The highest BCUT2D eigenvalue weighted by Crippen LogP contribution is 2.27. The molecule has 1 aromatic heterocycles. The van der Waals surface area contributed by atoms with E-state index in [0.717, 1.165) is 23.2 Å². The van der Waals surface area contributed by atoms with Crippen molar-refractivity contribution in [3.8, 4) is 0 Å². The second-order valence-electron chi connectivity index (χ2n) is 5.36. The number of anilines is 2. The number of hydrogen-bond donors (Lipinski definition) is 1. The van der Waals surface area contributed by atoms with Gasteiger partial charge in [0.15, 0.2) is 0 Å². The highest BCUT2D eigenvalue weighted by molar-refractivity contribution is 5.96. The summed E-state index contributed by atoms with van der Waals surface area (Å²) in [6.07, 6.45) is 3.18. The van der Waals surface area contributed by atoms with Gasteiger partial charge in [-0.3, -0.25) is 9.59 Å². The van der Waals surface area contributed by atoms with Gasteiger partial charge in [0.2, 0.25) is 11.8 Å². The quantitative estimate of drug-likeness (QED) is 0.944. The molecular weight excluding hydrogens is 278 g/mol. The summed E-state index contributed by atoms with van der Waals surface area (Å²) in [5.74, 6) is 0.586. The molecule has 5 nitrogen and oxygen atoms in total. The van der Waals surface area contributed by atoms with E-state index in [9.17, 15) is 9.59 Å². The molecule has 0 radical (unpaired) electrons. The van der Waals surface area contributed by atoms with Crippen LogP contribution in [0.15, 0.2) is 42.6 Å². The first-order valence-electron chi connectivity index (χ1n) is 7.23. The maximum Gasteiger partial charge on any atom is 0.229 e. The standard InChI is InChI=1S/C17H17N3O2/c1-20-14-7-5-12(10-13(14)6-8-17(20)22)11-16(21)19-15-4-2-3-9-18-15/h2-5,7,9-10H,6,8,11H2,1H3,(H,18,19,21). The van der Waals surface area contributed by atoms with Crippen LogP contribution in [-0.4, -0.2) is 23.8 Å². The topological polar surface area (TPSA) is 62.3 Å². The Balaban J connectivity index is 1.71. The average molecular weight is 295 g/mol. The Labute approximate surface area is 129 Å². The molecule has 1 aliphatic rings. The van der Waals surface area contributed by atoms with Gasteiger partial charge in [-0.1, -0.05) is 18.2 Å². The number of nitrogens with zero attached hydrogens (tertiary/aromatic N) is 2. The van der Waals surface area contributed by atoms with Gasteiger partial charge in [-0.05, 0) is 35.7 Å². The fraction of sp³-hybridized carbons (Fsp3) is 0.235. The van der Waals surface area contributed by atoms with Crippen LogP contribution in [0, 0.1) is 0 Å². The Morgan fingerprint density at radius 1 is 1.27 bits per heavy atom. The van der Waals surface area contributed by atoms with E-state index in [1.807, 2.05) is 24.3 Å². The van der Waals surface area contributed by atoms with Gasteiger partial charge in [0.1, 0.15) is 5.82 Å². The van der Waals surface area contributed by atoms with Crippen LogP contribution in [0.3, 0.4) is 0 Å². The van der Waals surface area contributed by atoms with Crippen LogP contribution in [0.4, 0.5) is 11.5 Å². The number of hydrogen-bond acceptors (Lipinski definition) is 3. The molecule has 3 rings (SSSR count). The van der Waals surface area contributed by atoms with Crippen LogP contribution in [0.5, 0.6) is 0 Å². The first-order valence-corrected chi connectivity index (χ1v) is 7.23. The average Bonchev–Trinajstić information content (AvgIpc) is 2.52. The molecule has 2 aromatic rings. The largest absolute Gasteiger partial charge is 0.315 e. The van der Waals surface area contributed by atoms with Crippen molar-refractivity contribution in [1.29, 1.82) is 0 Å². The van der Waals surface area contributed by atoms with Gasteiger partial charge >= 0.3 is 0 Å². The molecule has 2 amide bonds. The Hall–Kier alpha value is -2.69. The molecule has 2 heterocycles. The molecule has 5 heteroatoms. The molecule has 0 spiro atoms. The molecule has 0 bridgehead atoms. The lowest BCUT2D eigenvalue weighted by molar-refractivity contribution is -0.118. The zero-order valence-electron chi connectivity index (χ0n) is 12.4. The van der Waals surface area contributed by atoms with E-state index in [4.69, 9.17) is 0 Å². The number of rotatable bonds is 3. The minimum Gasteiger partial charge on any atom is -0.315 e. The zero-order chi connectivity index (χ0) is 15.5. The normalized spacial score (nSPS) is 13.7. The first-order chi connectivity index (χ1) is 10.6. The van der Waals surface area contributed by atoms with Gasteiger partial charge in [0.25, 0.3) is 0 Å². The lowest BCUT2D eigenvalue weighted by Crippen LogP contribution is -2.31. The molecule has 1 aromatic carbocycles. The summed E-state index contributed by atoms with van der Waals surface area (Å²) in [5.41, 5.74) is 2.99. The van der Waals surface area contributed by atoms with Gasteiger partial charge in [0, 0.05) is 25.4 Å². The van der Waals surface area contributed by atoms with E-state index in [2.05, 4.69) is 10.3 Å². The number of fused-ring (bicyclic) bond motifs is 1. The van der Waals surface area contributed by atoms with E-state index in [1.54, 1.807) is 30.3 Å². The maximum atomic E-state index is 12.1. The second kappa shape index (κ2) is 5.97.